The second kappa shape index (κ2) is 6.40. The van der Waals surface area contributed by atoms with Crippen LogP contribution in [0.1, 0.15) is 23.6 Å². The lowest BCUT2D eigenvalue weighted by Crippen LogP contribution is -2.15. The van der Waals surface area contributed by atoms with E-state index in [4.69, 9.17) is 4.74 Å². The summed E-state index contributed by atoms with van der Waals surface area (Å²) in [4.78, 5) is 0.161. The van der Waals surface area contributed by atoms with Gasteiger partial charge in [0.05, 0.1) is 6.61 Å². The first kappa shape index (κ1) is 16.4. The molecule has 0 saturated heterocycles. The van der Waals surface area contributed by atoms with Gasteiger partial charge in [0.15, 0.2) is 0 Å². The summed E-state index contributed by atoms with van der Waals surface area (Å²) >= 11 is 0. The standard InChI is InChI=1S/C17H21NO3S/c1-5-21-16-7-6-12(2)11-17(16)22(19,20)18-15-9-13(3)8-14(4)10-15/h6-11,18H,5H2,1-4H3. The van der Waals surface area contributed by atoms with Gasteiger partial charge in [0.25, 0.3) is 10.0 Å². The Kier molecular flexibility index (Phi) is 4.76. The average molecular weight is 319 g/mol. The van der Waals surface area contributed by atoms with E-state index in [9.17, 15) is 8.42 Å². The number of benzene rings is 2. The minimum absolute atomic E-state index is 0.161. The van der Waals surface area contributed by atoms with Gasteiger partial charge < -0.3 is 4.74 Å². The molecule has 0 aliphatic carbocycles. The third-order valence-electron chi connectivity index (χ3n) is 3.16. The summed E-state index contributed by atoms with van der Waals surface area (Å²) in [5.74, 6) is 0.366. The number of rotatable bonds is 5. The SMILES string of the molecule is CCOc1ccc(C)cc1S(=O)(=O)Nc1cc(C)cc(C)c1. The quantitative estimate of drug-likeness (QED) is 0.911. The molecule has 0 bridgehead atoms. The summed E-state index contributed by atoms with van der Waals surface area (Å²) in [5, 5.41) is 0. The van der Waals surface area contributed by atoms with E-state index in [0.717, 1.165) is 16.7 Å². The van der Waals surface area contributed by atoms with E-state index < -0.39 is 10.0 Å². The lowest BCUT2D eigenvalue weighted by Gasteiger charge is -2.14. The molecule has 0 heterocycles. The topological polar surface area (TPSA) is 55.4 Å². The molecule has 22 heavy (non-hydrogen) atoms. The highest BCUT2D eigenvalue weighted by Crippen LogP contribution is 2.27. The van der Waals surface area contributed by atoms with Crippen LogP contribution in [0.25, 0.3) is 0 Å². The van der Waals surface area contributed by atoms with E-state index in [2.05, 4.69) is 4.72 Å². The van der Waals surface area contributed by atoms with Gasteiger partial charge >= 0.3 is 0 Å². The van der Waals surface area contributed by atoms with E-state index in [1.807, 2.05) is 39.8 Å². The molecule has 2 rings (SSSR count). The summed E-state index contributed by atoms with van der Waals surface area (Å²) in [7, 11) is -3.70. The zero-order valence-electron chi connectivity index (χ0n) is 13.3. The zero-order chi connectivity index (χ0) is 16.3. The van der Waals surface area contributed by atoms with Gasteiger partial charge in [-0.1, -0.05) is 12.1 Å². The fourth-order valence-corrected chi connectivity index (χ4v) is 3.61. The van der Waals surface area contributed by atoms with Gasteiger partial charge in [-0.05, 0) is 68.7 Å². The van der Waals surface area contributed by atoms with Crippen molar-refractivity contribution >= 4 is 15.7 Å². The average Bonchev–Trinajstić information content (AvgIpc) is 2.39. The predicted molar refractivity (Wildman–Crippen MR) is 89.1 cm³/mol. The highest BCUT2D eigenvalue weighted by atomic mass is 32.2. The molecule has 1 N–H and O–H groups in total. The minimum Gasteiger partial charge on any atom is -0.492 e. The van der Waals surface area contributed by atoms with Crippen LogP contribution in [-0.4, -0.2) is 15.0 Å². The van der Waals surface area contributed by atoms with Crippen LogP contribution in [-0.2, 0) is 10.0 Å². The van der Waals surface area contributed by atoms with E-state index in [-0.39, 0.29) is 4.90 Å². The van der Waals surface area contributed by atoms with Crippen LogP contribution in [0.2, 0.25) is 0 Å². The number of hydrogen-bond acceptors (Lipinski definition) is 3. The Morgan fingerprint density at radius 1 is 0.955 bits per heavy atom. The number of aryl methyl sites for hydroxylation is 3. The fraction of sp³-hybridized carbons (Fsp3) is 0.294. The summed E-state index contributed by atoms with van der Waals surface area (Å²) in [6.07, 6.45) is 0. The molecular formula is C17H21NO3S. The molecule has 4 nitrogen and oxygen atoms in total. The molecule has 5 heteroatoms. The number of hydrogen-bond donors (Lipinski definition) is 1. The van der Waals surface area contributed by atoms with Crippen LogP contribution >= 0.6 is 0 Å². The van der Waals surface area contributed by atoms with Crippen molar-refractivity contribution in [3.05, 3.63) is 53.1 Å². The molecule has 0 saturated carbocycles. The third-order valence-corrected chi connectivity index (χ3v) is 4.56. The molecule has 0 fully saturated rings. The maximum atomic E-state index is 12.7. The third kappa shape index (κ3) is 3.80. The molecule has 0 spiro atoms. The van der Waals surface area contributed by atoms with E-state index in [0.29, 0.717) is 18.0 Å². The zero-order valence-corrected chi connectivity index (χ0v) is 14.1. The largest absolute Gasteiger partial charge is 0.492 e. The lowest BCUT2D eigenvalue weighted by molar-refractivity contribution is 0.331. The highest BCUT2D eigenvalue weighted by Gasteiger charge is 2.20. The Bertz CT molecular complexity index is 762. The molecule has 0 aliphatic rings. The Morgan fingerprint density at radius 2 is 1.59 bits per heavy atom. The van der Waals surface area contributed by atoms with E-state index in [1.54, 1.807) is 24.3 Å². The van der Waals surface area contributed by atoms with Gasteiger partial charge in [0.2, 0.25) is 0 Å². The maximum Gasteiger partial charge on any atom is 0.265 e. The molecule has 0 unspecified atom stereocenters. The van der Waals surface area contributed by atoms with Crippen molar-refractivity contribution in [3.63, 3.8) is 0 Å². The Morgan fingerprint density at radius 3 is 2.18 bits per heavy atom. The number of nitrogens with one attached hydrogen (secondary N) is 1. The van der Waals surface area contributed by atoms with Crippen LogP contribution in [0.4, 0.5) is 5.69 Å². The van der Waals surface area contributed by atoms with Crippen molar-refractivity contribution < 1.29 is 13.2 Å². The second-order valence-corrected chi connectivity index (χ2v) is 7.02. The first-order valence-corrected chi connectivity index (χ1v) is 8.64. The van der Waals surface area contributed by atoms with Crippen LogP contribution in [0.15, 0.2) is 41.3 Å². The smallest absolute Gasteiger partial charge is 0.265 e. The van der Waals surface area contributed by atoms with Crippen molar-refractivity contribution in [1.29, 1.82) is 0 Å². The first-order chi connectivity index (χ1) is 10.3. The minimum atomic E-state index is -3.70. The van der Waals surface area contributed by atoms with Gasteiger partial charge in [-0.2, -0.15) is 0 Å². The number of anilines is 1. The molecule has 0 radical (unpaired) electrons. The van der Waals surface area contributed by atoms with Gasteiger partial charge in [-0.25, -0.2) is 8.42 Å². The van der Waals surface area contributed by atoms with Gasteiger partial charge in [-0.15, -0.1) is 0 Å². The Balaban J connectivity index is 2.44. The second-order valence-electron chi connectivity index (χ2n) is 5.37. The molecule has 0 aliphatic heterocycles. The van der Waals surface area contributed by atoms with Gasteiger partial charge in [0.1, 0.15) is 10.6 Å². The number of sulfonamides is 1. The first-order valence-electron chi connectivity index (χ1n) is 7.16. The Labute approximate surface area is 132 Å². The summed E-state index contributed by atoms with van der Waals surface area (Å²) in [6, 6.07) is 10.8. The van der Waals surface area contributed by atoms with Crippen molar-refractivity contribution in [2.24, 2.45) is 0 Å². The summed E-state index contributed by atoms with van der Waals surface area (Å²) < 4.78 is 33.4. The maximum absolute atomic E-state index is 12.7. The molecule has 0 atom stereocenters. The van der Waals surface area contributed by atoms with Crippen molar-refractivity contribution in [2.75, 3.05) is 11.3 Å². The Hall–Kier alpha value is -2.01. The fourth-order valence-electron chi connectivity index (χ4n) is 2.34. The van der Waals surface area contributed by atoms with E-state index in [1.165, 1.54) is 0 Å². The van der Waals surface area contributed by atoms with E-state index >= 15 is 0 Å². The molecular weight excluding hydrogens is 298 g/mol. The van der Waals surface area contributed by atoms with Crippen molar-refractivity contribution in [1.82, 2.24) is 0 Å². The summed E-state index contributed by atoms with van der Waals surface area (Å²) in [6.45, 7) is 7.96. The predicted octanol–water partition coefficient (Wildman–Crippen LogP) is 3.81. The normalized spacial score (nSPS) is 11.3. The lowest BCUT2D eigenvalue weighted by atomic mass is 10.1. The van der Waals surface area contributed by atoms with Crippen molar-refractivity contribution in [2.45, 2.75) is 32.6 Å². The molecule has 2 aromatic rings. The molecule has 0 amide bonds. The van der Waals surface area contributed by atoms with Crippen LogP contribution in [0.3, 0.4) is 0 Å². The molecule has 2 aromatic carbocycles. The van der Waals surface area contributed by atoms with Crippen LogP contribution < -0.4 is 9.46 Å². The summed E-state index contributed by atoms with van der Waals surface area (Å²) in [5.41, 5.74) is 3.43. The number of ether oxygens (including phenoxy) is 1. The van der Waals surface area contributed by atoms with Crippen LogP contribution in [0, 0.1) is 20.8 Å². The monoisotopic (exact) mass is 319 g/mol. The highest BCUT2D eigenvalue weighted by molar-refractivity contribution is 7.92. The van der Waals surface area contributed by atoms with Crippen molar-refractivity contribution in [3.8, 4) is 5.75 Å². The van der Waals surface area contributed by atoms with Crippen LogP contribution in [0.5, 0.6) is 5.75 Å². The van der Waals surface area contributed by atoms with Gasteiger partial charge in [0, 0.05) is 5.69 Å². The van der Waals surface area contributed by atoms with Gasteiger partial charge in [-0.3, -0.25) is 4.72 Å². The molecule has 0 aromatic heterocycles. The molecule has 118 valence electrons.